The molecule has 2 aliphatic carbocycles. The molecule has 2 aromatic carbocycles. The SMILES string of the molecule is C=CCCC(C)(C1=CC=CC1)C1c2ccccc2-c2ccccc21.Cl.Cl.[Hf]. The molecule has 1 atom stereocenters. The third kappa shape index (κ3) is 4.11. The van der Waals surface area contributed by atoms with Crippen LogP contribution in [0.4, 0.5) is 0 Å². The second-order valence-corrected chi connectivity index (χ2v) is 7.18. The van der Waals surface area contributed by atoms with Crippen LogP contribution in [-0.2, 0) is 25.8 Å². The van der Waals surface area contributed by atoms with Crippen molar-refractivity contribution in [2.24, 2.45) is 5.41 Å². The van der Waals surface area contributed by atoms with Gasteiger partial charge in [0.2, 0.25) is 0 Å². The third-order valence-electron chi connectivity index (χ3n) is 5.84. The Morgan fingerprint density at radius 3 is 2.04 bits per heavy atom. The van der Waals surface area contributed by atoms with Crippen molar-refractivity contribution in [1.29, 1.82) is 0 Å². The van der Waals surface area contributed by atoms with Gasteiger partial charge in [0.1, 0.15) is 0 Å². The van der Waals surface area contributed by atoms with E-state index in [1.807, 2.05) is 0 Å². The molecule has 0 heterocycles. The maximum absolute atomic E-state index is 3.97. The van der Waals surface area contributed by atoms with Crippen molar-refractivity contribution in [3.63, 3.8) is 0 Å². The Morgan fingerprint density at radius 2 is 1.56 bits per heavy atom. The summed E-state index contributed by atoms with van der Waals surface area (Å²) in [5.74, 6) is 0.427. The molecule has 0 aliphatic heterocycles. The Morgan fingerprint density at radius 1 is 1.00 bits per heavy atom. The van der Waals surface area contributed by atoms with E-state index < -0.39 is 0 Å². The van der Waals surface area contributed by atoms with E-state index in [9.17, 15) is 0 Å². The Bertz CT molecular complexity index is 807. The molecule has 1 unspecified atom stereocenters. The topological polar surface area (TPSA) is 0 Å². The number of allylic oxidation sites excluding steroid dienone is 5. The molecule has 4 rings (SSSR count). The van der Waals surface area contributed by atoms with Crippen LogP contribution in [0.5, 0.6) is 0 Å². The van der Waals surface area contributed by atoms with Gasteiger partial charge in [-0.1, -0.05) is 85.3 Å². The summed E-state index contributed by atoms with van der Waals surface area (Å²) in [6, 6.07) is 17.9. The average Bonchev–Trinajstić information content (AvgIpc) is 3.26. The van der Waals surface area contributed by atoms with Gasteiger partial charge >= 0.3 is 0 Å². The maximum atomic E-state index is 3.97. The van der Waals surface area contributed by atoms with Crippen molar-refractivity contribution in [1.82, 2.24) is 0 Å². The Hall–Kier alpha value is -0.890. The fraction of sp³-hybridized carbons (Fsp3) is 0.250. The predicted molar refractivity (Wildman–Crippen MR) is 118 cm³/mol. The summed E-state index contributed by atoms with van der Waals surface area (Å²) in [5, 5.41) is 0. The second-order valence-electron chi connectivity index (χ2n) is 7.18. The van der Waals surface area contributed by atoms with Crippen LogP contribution in [0.3, 0.4) is 0 Å². The molecule has 140 valence electrons. The molecule has 0 bridgehead atoms. The third-order valence-corrected chi connectivity index (χ3v) is 5.84. The number of fused-ring (bicyclic) bond motifs is 3. The number of rotatable bonds is 5. The van der Waals surface area contributed by atoms with E-state index in [-0.39, 0.29) is 56.1 Å². The van der Waals surface area contributed by atoms with Crippen molar-refractivity contribution >= 4 is 24.8 Å². The molecule has 0 aromatic heterocycles. The minimum absolute atomic E-state index is 0. The van der Waals surface area contributed by atoms with Gasteiger partial charge in [0.15, 0.2) is 0 Å². The summed E-state index contributed by atoms with van der Waals surface area (Å²) in [6.07, 6.45) is 12.2. The van der Waals surface area contributed by atoms with Gasteiger partial charge in [0.05, 0.1) is 0 Å². The van der Waals surface area contributed by atoms with Gasteiger partial charge in [-0.3, -0.25) is 0 Å². The summed E-state index contributed by atoms with van der Waals surface area (Å²) >= 11 is 0. The van der Waals surface area contributed by atoms with Crippen LogP contribution in [0.25, 0.3) is 11.1 Å². The van der Waals surface area contributed by atoms with Crippen molar-refractivity contribution in [3.05, 3.63) is 96.1 Å². The van der Waals surface area contributed by atoms with E-state index in [1.165, 1.54) is 22.3 Å². The molecule has 0 amide bonds. The zero-order valence-electron chi connectivity index (χ0n) is 15.7. The van der Waals surface area contributed by atoms with E-state index >= 15 is 0 Å². The molecule has 0 spiro atoms. The first-order chi connectivity index (χ1) is 11.8. The smallest absolute Gasteiger partial charge is 0.0193 e. The van der Waals surface area contributed by atoms with Crippen LogP contribution in [0.1, 0.15) is 43.2 Å². The van der Waals surface area contributed by atoms with E-state index in [1.54, 1.807) is 5.57 Å². The molecule has 0 saturated carbocycles. The Labute approximate surface area is 194 Å². The van der Waals surface area contributed by atoms with E-state index in [4.69, 9.17) is 0 Å². The maximum Gasteiger partial charge on any atom is 0.0193 e. The normalized spacial score (nSPS) is 16.0. The van der Waals surface area contributed by atoms with E-state index in [2.05, 4.69) is 86.3 Å². The Balaban J connectivity index is 0.00000121. The number of hydrogen-bond donors (Lipinski definition) is 0. The molecule has 0 fully saturated rings. The Kier molecular flexibility index (Phi) is 8.99. The van der Waals surface area contributed by atoms with E-state index in [0.29, 0.717) is 5.92 Å². The largest absolute Gasteiger partial charge is 0.147 e. The number of halogens is 2. The molecule has 0 radical (unpaired) electrons. The molecule has 2 aliphatic rings. The zero-order chi connectivity index (χ0) is 16.6. The van der Waals surface area contributed by atoms with Gasteiger partial charge in [-0.2, -0.15) is 0 Å². The standard InChI is InChI=1S/C24H24.2ClH.Hf/c1-3-4-17-24(2,18-11-5-6-12-18)23-21-15-9-7-13-19(21)20-14-8-10-16-22(20)23;;;/h3,5-11,13-16,23H,1,4,12,17H2,2H3;2*1H;. The van der Waals surface area contributed by atoms with Crippen molar-refractivity contribution in [2.75, 3.05) is 0 Å². The van der Waals surface area contributed by atoms with Gasteiger partial charge in [-0.15, -0.1) is 31.4 Å². The quantitative estimate of drug-likeness (QED) is 0.261. The summed E-state index contributed by atoms with van der Waals surface area (Å²) in [5.41, 5.74) is 7.47. The van der Waals surface area contributed by atoms with Gasteiger partial charge in [0, 0.05) is 37.2 Å². The van der Waals surface area contributed by atoms with Crippen LogP contribution < -0.4 is 0 Å². The summed E-state index contributed by atoms with van der Waals surface area (Å²) in [6.45, 7) is 6.43. The van der Waals surface area contributed by atoms with Crippen LogP contribution in [0, 0.1) is 5.41 Å². The minimum atomic E-state index is 0. The van der Waals surface area contributed by atoms with Gasteiger partial charge in [-0.25, -0.2) is 0 Å². The molecule has 0 nitrogen and oxygen atoms in total. The minimum Gasteiger partial charge on any atom is -0.147 e. The van der Waals surface area contributed by atoms with Crippen molar-refractivity contribution in [3.8, 4) is 11.1 Å². The van der Waals surface area contributed by atoms with E-state index in [0.717, 1.165) is 19.3 Å². The summed E-state index contributed by atoms with van der Waals surface area (Å²) in [4.78, 5) is 0. The molecular weight excluding hydrogens is 538 g/mol. The fourth-order valence-electron chi connectivity index (χ4n) is 4.60. The monoisotopic (exact) mass is 564 g/mol. The van der Waals surface area contributed by atoms with Gasteiger partial charge < -0.3 is 0 Å². The molecule has 0 N–H and O–H groups in total. The molecule has 3 heteroatoms. The zero-order valence-corrected chi connectivity index (χ0v) is 20.9. The number of hydrogen-bond acceptors (Lipinski definition) is 0. The fourth-order valence-corrected chi connectivity index (χ4v) is 4.60. The van der Waals surface area contributed by atoms with Crippen LogP contribution in [0.15, 0.2) is 85.0 Å². The molecule has 27 heavy (non-hydrogen) atoms. The predicted octanol–water partition coefficient (Wildman–Crippen LogP) is 7.50. The van der Waals surface area contributed by atoms with Crippen LogP contribution in [0.2, 0.25) is 0 Å². The molecule has 2 aromatic rings. The molecular formula is C24H26Cl2Hf. The first-order valence-corrected chi connectivity index (χ1v) is 8.91. The first kappa shape index (κ1) is 24.1. The van der Waals surface area contributed by atoms with Crippen molar-refractivity contribution in [2.45, 2.75) is 32.1 Å². The second kappa shape index (κ2) is 10.1. The number of benzene rings is 2. The van der Waals surface area contributed by atoms with Gasteiger partial charge in [-0.05, 0) is 41.5 Å². The summed E-state index contributed by atoms with van der Waals surface area (Å²) < 4.78 is 0. The molecule has 0 saturated heterocycles. The van der Waals surface area contributed by atoms with Gasteiger partial charge in [0.25, 0.3) is 0 Å². The first-order valence-electron chi connectivity index (χ1n) is 8.91. The average molecular weight is 564 g/mol. The van der Waals surface area contributed by atoms with Crippen LogP contribution in [-0.4, -0.2) is 0 Å². The summed E-state index contributed by atoms with van der Waals surface area (Å²) in [7, 11) is 0. The van der Waals surface area contributed by atoms with Crippen LogP contribution >= 0.6 is 24.8 Å². The van der Waals surface area contributed by atoms with Crippen molar-refractivity contribution < 1.29 is 25.8 Å².